The second-order valence-corrected chi connectivity index (χ2v) is 9.84. The van der Waals surface area contributed by atoms with E-state index in [4.69, 9.17) is 21.8 Å². The highest BCUT2D eigenvalue weighted by Gasteiger charge is 2.52. The minimum absolute atomic E-state index is 0.0463. The van der Waals surface area contributed by atoms with Crippen molar-refractivity contribution >= 4 is 51.3 Å². The zero-order valence-corrected chi connectivity index (χ0v) is 20.0. The van der Waals surface area contributed by atoms with Gasteiger partial charge >= 0.3 is 0 Å². The van der Waals surface area contributed by atoms with Gasteiger partial charge in [-0.15, -0.1) is 0 Å². The molecule has 166 valence electrons. The lowest BCUT2D eigenvalue weighted by molar-refractivity contribution is -0.110. The van der Waals surface area contributed by atoms with Gasteiger partial charge in [-0.25, -0.2) is 10.0 Å². The summed E-state index contributed by atoms with van der Waals surface area (Å²) in [4.78, 5) is 11.7. The number of thioether (sulfide) groups is 1. The van der Waals surface area contributed by atoms with Crippen LogP contribution in [0.1, 0.15) is 30.9 Å². The number of carbonyl (C=O) groups is 1. The number of rotatable bonds is 4. The van der Waals surface area contributed by atoms with Crippen molar-refractivity contribution < 1.29 is 4.79 Å². The Kier molecular flexibility index (Phi) is 5.72. The molecule has 0 bridgehead atoms. The maximum absolute atomic E-state index is 12.4. The van der Waals surface area contributed by atoms with E-state index in [1.807, 2.05) is 76.7 Å². The molecule has 5 nitrogen and oxygen atoms in total. The summed E-state index contributed by atoms with van der Waals surface area (Å²) in [6.45, 7) is 3.62. The van der Waals surface area contributed by atoms with Gasteiger partial charge in [-0.1, -0.05) is 54.1 Å². The highest BCUT2D eigenvalue weighted by atomic mass is 35.5. The van der Waals surface area contributed by atoms with Crippen LogP contribution in [-0.4, -0.2) is 21.5 Å². The van der Waals surface area contributed by atoms with Crippen molar-refractivity contribution in [3.05, 3.63) is 95.0 Å². The summed E-state index contributed by atoms with van der Waals surface area (Å²) in [5.74, 6) is -0.0463. The largest absolute Gasteiger partial charge is 0.292 e. The summed E-state index contributed by atoms with van der Waals surface area (Å²) in [5, 5.41) is 15.1. The molecule has 0 amide bonds. The Labute approximate surface area is 202 Å². The fourth-order valence-corrected chi connectivity index (χ4v) is 5.52. The summed E-state index contributed by atoms with van der Waals surface area (Å²) in [5.41, 5.74) is 5.01. The fourth-order valence-electron chi connectivity index (χ4n) is 4.15. The third-order valence-electron chi connectivity index (χ3n) is 5.75. The monoisotopic (exact) mass is 474 g/mol. The smallest absolute Gasteiger partial charge is 0.208 e. The summed E-state index contributed by atoms with van der Waals surface area (Å²) in [6, 6.07) is 26.0. The Hall–Kier alpha value is -3.09. The van der Waals surface area contributed by atoms with Gasteiger partial charge in [0, 0.05) is 18.4 Å². The maximum atomic E-state index is 12.4. The molecule has 2 heterocycles. The van der Waals surface area contributed by atoms with Gasteiger partial charge in [-0.2, -0.15) is 10.2 Å². The molecule has 0 N–H and O–H groups in total. The van der Waals surface area contributed by atoms with E-state index in [2.05, 4.69) is 19.1 Å². The Balaban J connectivity index is 1.67. The molecule has 33 heavy (non-hydrogen) atoms. The Morgan fingerprint density at radius 1 is 0.939 bits per heavy atom. The van der Waals surface area contributed by atoms with E-state index in [0.29, 0.717) is 10.1 Å². The highest BCUT2D eigenvalue weighted by molar-refractivity contribution is 8.17. The molecule has 0 radical (unpaired) electrons. The number of para-hydroxylation sites is 1. The molecule has 3 aromatic rings. The second kappa shape index (κ2) is 8.69. The first kappa shape index (κ1) is 21.7. The molecule has 1 atom stereocenters. The lowest BCUT2D eigenvalue weighted by Crippen LogP contribution is -2.56. The van der Waals surface area contributed by atoms with Gasteiger partial charge in [0.1, 0.15) is 0 Å². The van der Waals surface area contributed by atoms with Gasteiger partial charge in [0.15, 0.2) is 10.8 Å². The molecule has 5 rings (SSSR count). The van der Waals surface area contributed by atoms with E-state index < -0.39 is 4.99 Å². The minimum atomic E-state index is -0.688. The van der Waals surface area contributed by atoms with Crippen LogP contribution in [0.4, 0.5) is 11.4 Å². The third-order valence-corrected chi connectivity index (χ3v) is 7.44. The van der Waals surface area contributed by atoms with Gasteiger partial charge in [0.05, 0.1) is 17.1 Å². The van der Waals surface area contributed by atoms with Crippen LogP contribution in [-0.2, 0) is 4.79 Å². The molecule has 7 heteroatoms. The van der Waals surface area contributed by atoms with Crippen LogP contribution in [0.15, 0.2) is 89.1 Å². The summed E-state index contributed by atoms with van der Waals surface area (Å²) in [7, 11) is 0. The molecule has 0 saturated heterocycles. The molecule has 3 aromatic carbocycles. The van der Waals surface area contributed by atoms with Crippen molar-refractivity contribution in [3.63, 3.8) is 0 Å². The van der Waals surface area contributed by atoms with Crippen LogP contribution in [0.2, 0.25) is 5.02 Å². The van der Waals surface area contributed by atoms with Crippen molar-refractivity contribution in [3.8, 4) is 0 Å². The minimum Gasteiger partial charge on any atom is -0.292 e. The summed E-state index contributed by atoms with van der Waals surface area (Å²) < 4.78 is 0. The quantitative estimate of drug-likeness (QED) is 0.435. The molecular formula is C26H23ClN4OS. The van der Waals surface area contributed by atoms with Gasteiger partial charge in [-0.05, 0) is 72.6 Å². The van der Waals surface area contributed by atoms with E-state index in [1.54, 1.807) is 6.92 Å². The Morgan fingerprint density at radius 2 is 1.64 bits per heavy atom. The normalized spacial score (nSPS) is 20.1. The van der Waals surface area contributed by atoms with Crippen LogP contribution < -0.4 is 10.0 Å². The fraction of sp³-hybridized carbons (Fsp3) is 0.192. The lowest BCUT2D eigenvalue weighted by atomic mass is 10.0. The van der Waals surface area contributed by atoms with Gasteiger partial charge in [0.25, 0.3) is 0 Å². The van der Waals surface area contributed by atoms with E-state index >= 15 is 0 Å². The average Bonchev–Trinajstić information content (AvgIpc) is 3.21. The van der Waals surface area contributed by atoms with Crippen LogP contribution in [0, 0.1) is 6.92 Å². The molecule has 1 spiro atoms. The third kappa shape index (κ3) is 4.05. The van der Waals surface area contributed by atoms with E-state index in [9.17, 15) is 4.79 Å². The second-order valence-electron chi connectivity index (χ2n) is 8.16. The zero-order valence-electron chi connectivity index (χ0n) is 18.4. The maximum Gasteiger partial charge on any atom is 0.208 e. The lowest BCUT2D eigenvalue weighted by Gasteiger charge is -2.46. The number of aryl methyl sites for hydroxylation is 1. The molecule has 0 fully saturated rings. The van der Waals surface area contributed by atoms with E-state index in [0.717, 1.165) is 41.1 Å². The van der Waals surface area contributed by atoms with Crippen LogP contribution in [0.3, 0.4) is 0 Å². The molecule has 0 aromatic heterocycles. The number of hydrazone groups is 2. The summed E-state index contributed by atoms with van der Waals surface area (Å²) >= 11 is 7.59. The van der Waals surface area contributed by atoms with Crippen molar-refractivity contribution in [1.29, 1.82) is 0 Å². The standard InChI is InChI=1S/C26H23ClN4OS/c1-18-7-6-10-23(17-18)31-26(33-25(29-31)19(2)32)16-15-24(20-11-13-21(27)14-12-20)28-30(26)22-8-4-3-5-9-22/h3-14,17H,15-16H2,1-2H3. The number of anilines is 2. The van der Waals surface area contributed by atoms with Crippen LogP contribution in [0.25, 0.3) is 0 Å². The first-order valence-corrected chi connectivity index (χ1v) is 12.0. The number of hydrogen-bond acceptors (Lipinski definition) is 6. The van der Waals surface area contributed by atoms with Crippen molar-refractivity contribution in [2.24, 2.45) is 10.2 Å². The predicted octanol–water partition coefficient (Wildman–Crippen LogP) is 6.46. The topological polar surface area (TPSA) is 48.3 Å². The van der Waals surface area contributed by atoms with Gasteiger partial charge < -0.3 is 0 Å². The van der Waals surface area contributed by atoms with E-state index in [1.165, 1.54) is 11.8 Å². The SMILES string of the molecule is CC(=O)C1=NN(c2cccc(C)c2)C2(CCC(c3ccc(Cl)cc3)=NN2c2ccccc2)S1. The molecule has 0 saturated carbocycles. The van der Waals surface area contributed by atoms with Gasteiger partial charge in [-0.3, -0.25) is 4.79 Å². The predicted molar refractivity (Wildman–Crippen MR) is 138 cm³/mol. The Morgan fingerprint density at radius 3 is 2.33 bits per heavy atom. The molecule has 1 unspecified atom stereocenters. The molecule has 0 aliphatic carbocycles. The van der Waals surface area contributed by atoms with Gasteiger partial charge in [0.2, 0.25) is 4.99 Å². The van der Waals surface area contributed by atoms with Crippen molar-refractivity contribution in [1.82, 2.24) is 0 Å². The van der Waals surface area contributed by atoms with Crippen LogP contribution >= 0.6 is 23.4 Å². The average molecular weight is 475 g/mol. The molecule has 2 aliphatic heterocycles. The first-order valence-electron chi connectivity index (χ1n) is 10.8. The zero-order chi connectivity index (χ0) is 23.0. The van der Waals surface area contributed by atoms with Crippen molar-refractivity contribution in [2.45, 2.75) is 31.7 Å². The molecular weight excluding hydrogens is 452 g/mol. The highest BCUT2D eigenvalue weighted by Crippen LogP contribution is 2.50. The molecule has 2 aliphatic rings. The summed E-state index contributed by atoms with van der Waals surface area (Å²) in [6.07, 6.45) is 1.46. The number of hydrogen-bond donors (Lipinski definition) is 0. The van der Waals surface area contributed by atoms with Crippen LogP contribution in [0.5, 0.6) is 0 Å². The number of Topliss-reactive ketones (excluding diaryl/α,β-unsaturated/α-hetero) is 1. The number of benzene rings is 3. The number of carbonyl (C=O) groups excluding carboxylic acids is 1. The number of ketones is 1. The first-order chi connectivity index (χ1) is 16.0. The Bertz CT molecular complexity index is 1260. The number of nitrogens with zero attached hydrogens (tertiary/aromatic N) is 4. The van der Waals surface area contributed by atoms with E-state index in [-0.39, 0.29) is 5.78 Å². The van der Waals surface area contributed by atoms with Crippen molar-refractivity contribution in [2.75, 3.05) is 10.0 Å². The number of halogens is 1.